The molecule has 0 spiro atoms. The highest BCUT2D eigenvalue weighted by atomic mass is 35.7. The standard InChI is InChI=1S/C12H15ClO5S/c1-4-17-12(14)7-18-10-5-6-11(19(13,15)16)9(3)8(10)2/h5-6H,4,7H2,1-3H3. The van der Waals surface area contributed by atoms with Crippen molar-refractivity contribution in [3.8, 4) is 5.75 Å². The summed E-state index contributed by atoms with van der Waals surface area (Å²) >= 11 is 0. The molecular weight excluding hydrogens is 292 g/mol. The minimum absolute atomic E-state index is 0.0372. The van der Waals surface area contributed by atoms with Crippen LogP contribution in [0.2, 0.25) is 0 Å². The van der Waals surface area contributed by atoms with Gasteiger partial charge in [-0.1, -0.05) is 0 Å². The number of rotatable bonds is 5. The van der Waals surface area contributed by atoms with Gasteiger partial charge in [0.2, 0.25) is 0 Å². The van der Waals surface area contributed by atoms with Crippen molar-refractivity contribution < 1.29 is 22.7 Å². The molecule has 0 aromatic heterocycles. The minimum Gasteiger partial charge on any atom is -0.482 e. The first-order valence-electron chi connectivity index (χ1n) is 5.60. The predicted octanol–water partition coefficient (Wildman–Crippen LogP) is 2.17. The van der Waals surface area contributed by atoms with Crippen LogP contribution in [0.15, 0.2) is 17.0 Å². The predicted molar refractivity (Wildman–Crippen MR) is 71.1 cm³/mol. The third-order valence-electron chi connectivity index (χ3n) is 2.60. The van der Waals surface area contributed by atoms with Crippen LogP contribution in [0.4, 0.5) is 0 Å². The van der Waals surface area contributed by atoms with Crippen molar-refractivity contribution in [2.45, 2.75) is 25.7 Å². The summed E-state index contributed by atoms with van der Waals surface area (Å²) in [5.74, 6) is -0.0526. The summed E-state index contributed by atoms with van der Waals surface area (Å²) in [6, 6.07) is 2.82. The molecule has 0 atom stereocenters. The molecule has 1 aromatic carbocycles. The summed E-state index contributed by atoms with van der Waals surface area (Å²) in [6.07, 6.45) is 0. The summed E-state index contributed by atoms with van der Waals surface area (Å²) in [4.78, 5) is 11.2. The highest BCUT2D eigenvalue weighted by molar-refractivity contribution is 8.13. The Bertz CT molecular complexity index is 580. The molecule has 1 aromatic rings. The van der Waals surface area contributed by atoms with Gasteiger partial charge in [0.05, 0.1) is 11.5 Å². The van der Waals surface area contributed by atoms with Crippen LogP contribution in [0.25, 0.3) is 0 Å². The monoisotopic (exact) mass is 306 g/mol. The number of carbonyl (C=O) groups is 1. The van der Waals surface area contributed by atoms with E-state index in [0.29, 0.717) is 16.9 Å². The Morgan fingerprint density at radius 2 is 1.89 bits per heavy atom. The quantitative estimate of drug-likeness (QED) is 0.616. The summed E-state index contributed by atoms with van der Waals surface area (Å²) in [6.45, 7) is 5.08. The van der Waals surface area contributed by atoms with E-state index in [0.717, 1.165) is 0 Å². The van der Waals surface area contributed by atoms with Gasteiger partial charge in [-0.15, -0.1) is 0 Å². The molecule has 7 heteroatoms. The fourth-order valence-electron chi connectivity index (χ4n) is 1.53. The second-order valence-corrected chi connectivity index (χ2v) is 6.38. The lowest BCUT2D eigenvalue weighted by molar-refractivity contribution is -0.145. The van der Waals surface area contributed by atoms with Gasteiger partial charge in [-0.05, 0) is 44.0 Å². The van der Waals surface area contributed by atoms with Gasteiger partial charge in [-0.3, -0.25) is 0 Å². The Kier molecular flexibility index (Phi) is 5.20. The number of hydrogen-bond donors (Lipinski definition) is 0. The van der Waals surface area contributed by atoms with Crippen molar-refractivity contribution in [2.24, 2.45) is 0 Å². The molecule has 0 bridgehead atoms. The molecule has 0 heterocycles. The maximum atomic E-state index is 11.3. The lowest BCUT2D eigenvalue weighted by Gasteiger charge is -2.12. The van der Waals surface area contributed by atoms with E-state index in [2.05, 4.69) is 0 Å². The Balaban J connectivity index is 2.95. The summed E-state index contributed by atoms with van der Waals surface area (Å²) in [5, 5.41) is 0. The molecule has 0 aliphatic rings. The second kappa shape index (κ2) is 6.25. The van der Waals surface area contributed by atoms with Crippen LogP contribution in [-0.2, 0) is 18.6 Å². The van der Waals surface area contributed by atoms with E-state index in [1.807, 2.05) is 0 Å². The highest BCUT2D eigenvalue weighted by Gasteiger charge is 2.17. The Labute approximate surface area is 116 Å². The van der Waals surface area contributed by atoms with Crippen molar-refractivity contribution in [3.05, 3.63) is 23.3 Å². The van der Waals surface area contributed by atoms with Crippen LogP contribution >= 0.6 is 10.7 Å². The highest BCUT2D eigenvalue weighted by Crippen LogP contribution is 2.28. The molecule has 0 saturated heterocycles. The van der Waals surface area contributed by atoms with Gasteiger partial charge in [-0.25, -0.2) is 13.2 Å². The topological polar surface area (TPSA) is 69.7 Å². The Morgan fingerprint density at radius 1 is 1.26 bits per heavy atom. The molecule has 0 radical (unpaired) electrons. The zero-order chi connectivity index (χ0) is 14.6. The second-order valence-electron chi connectivity index (χ2n) is 3.84. The molecule has 0 aliphatic heterocycles. The van der Waals surface area contributed by atoms with Crippen molar-refractivity contribution >= 4 is 25.7 Å². The van der Waals surface area contributed by atoms with Crippen LogP contribution in [-0.4, -0.2) is 27.6 Å². The zero-order valence-electron chi connectivity index (χ0n) is 10.9. The molecule has 5 nitrogen and oxygen atoms in total. The van der Waals surface area contributed by atoms with E-state index in [-0.39, 0.29) is 18.1 Å². The molecule has 0 N–H and O–H groups in total. The zero-order valence-corrected chi connectivity index (χ0v) is 12.5. The fourth-order valence-corrected chi connectivity index (χ4v) is 2.78. The van der Waals surface area contributed by atoms with Gasteiger partial charge in [0.15, 0.2) is 6.61 Å². The van der Waals surface area contributed by atoms with Crippen LogP contribution in [0.1, 0.15) is 18.1 Å². The fraction of sp³-hybridized carbons (Fsp3) is 0.417. The average molecular weight is 307 g/mol. The first-order valence-corrected chi connectivity index (χ1v) is 7.91. The number of halogens is 1. The molecule has 0 saturated carbocycles. The molecule has 19 heavy (non-hydrogen) atoms. The first-order chi connectivity index (χ1) is 8.77. The van der Waals surface area contributed by atoms with E-state index in [1.165, 1.54) is 12.1 Å². The van der Waals surface area contributed by atoms with Gasteiger partial charge >= 0.3 is 5.97 Å². The summed E-state index contributed by atoms with van der Waals surface area (Å²) in [5.41, 5.74) is 1.11. The van der Waals surface area contributed by atoms with E-state index in [9.17, 15) is 13.2 Å². The van der Waals surface area contributed by atoms with Gasteiger partial charge < -0.3 is 9.47 Å². The SMILES string of the molecule is CCOC(=O)COc1ccc(S(=O)(=O)Cl)c(C)c1C. The number of esters is 1. The lowest BCUT2D eigenvalue weighted by atomic mass is 10.1. The maximum Gasteiger partial charge on any atom is 0.344 e. The number of hydrogen-bond acceptors (Lipinski definition) is 5. The van der Waals surface area contributed by atoms with Gasteiger partial charge in [0.1, 0.15) is 5.75 Å². The number of benzene rings is 1. The van der Waals surface area contributed by atoms with Crippen LogP contribution in [0.5, 0.6) is 5.75 Å². The average Bonchev–Trinajstić information content (AvgIpc) is 2.29. The normalized spacial score (nSPS) is 11.2. The van der Waals surface area contributed by atoms with Crippen molar-refractivity contribution in [1.82, 2.24) is 0 Å². The van der Waals surface area contributed by atoms with Crippen LogP contribution < -0.4 is 4.74 Å². The molecule has 0 amide bonds. The molecule has 0 unspecified atom stereocenters. The van der Waals surface area contributed by atoms with E-state index in [4.69, 9.17) is 20.2 Å². The maximum absolute atomic E-state index is 11.3. The Hall–Kier alpha value is -1.27. The van der Waals surface area contributed by atoms with Crippen molar-refractivity contribution in [1.29, 1.82) is 0 Å². The van der Waals surface area contributed by atoms with Gasteiger partial charge in [0, 0.05) is 10.7 Å². The van der Waals surface area contributed by atoms with Crippen molar-refractivity contribution in [3.63, 3.8) is 0 Å². The van der Waals surface area contributed by atoms with Crippen LogP contribution in [0.3, 0.4) is 0 Å². The van der Waals surface area contributed by atoms with E-state index in [1.54, 1.807) is 20.8 Å². The Morgan fingerprint density at radius 3 is 2.42 bits per heavy atom. The van der Waals surface area contributed by atoms with Gasteiger partial charge in [-0.2, -0.15) is 0 Å². The summed E-state index contributed by atoms with van der Waals surface area (Å²) in [7, 11) is 1.53. The smallest absolute Gasteiger partial charge is 0.344 e. The number of ether oxygens (including phenoxy) is 2. The van der Waals surface area contributed by atoms with E-state index < -0.39 is 15.0 Å². The molecule has 0 fully saturated rings. The largest absolute Gasteiger partial charge is 0.482 e. The van der Waals surface area contributed by atoms with Crippen molar-refractivity contribution in [2.75, 3.05) is 13.2 Å². The molecule has 106 valence electrons. The molecule has 0 aliphatic carbocycles. The molecular formula is C12H15ClO5S. The van der Waals surface area contributed by atoms with E-state index >= 15 is 0 Å². The lowest BCUT2D eigenvalue weighted by Crippen LogP contribution is -2.15. The third kappa shape index (κ3) is 4.11. The number of carbonyl (C=O) groups excluding carboxylic acids is 1. The third-order valence-corrected chi connectivity index (χ3v) is 4.07. The molecule has 1 rings (SSSR count). The first kappa shape index (κ1) is 15.8. The van der Waals surface area contributed by atoms with Gasteiger partial charge in [0.25, 0.3) is 9.05 Å². The summed E-state index contributed by atoms with van der Waals surface area (Å²) < 4.78 is 32.7. The minimum atomic E-state index is -3.79. The van der Waals surface area contributed by atoms with Crippen LogP contribution in [0, 0.1) is 13.8 Å².